The molecule has 9 heteroatoms. The second-order valence-corrected chi connectivity index (χ2v) is 8.90. The molecule has 0 aliphatic carbocycles. The Bertz CT molecular complexity index is 1540. The summed E-state index contributed by atoms with van der Waals surface area (Å²) in [5, 5.41) is 12.9. The van der Waals surface area contributed by atoms with Crippen LogP contribution in [0.1, 0.15) is 16.2 Å². The number of fused-ring (bicyclic) bond motifs is 2. The molecule has 0 spiro atoms. The third kappa shape index (κ3) is 3.41. The normalized spacial score (nSPS) is 14.2. The highest BCUT2D eigenvalue weighted by Gasteiger charge is 2.22. The van der Waals surface area contributed by atoms with E-state index in [1.54, 1.807) is 11.6 Å². The van der Waals surface area contributed by atoms with Crippen LogP contribution in [0.3, 0.4) is 0 Å². The highest BCUT2D eigenvalue weighted by atomic mass is 32.1. The van der Waals surface area contributed by atoms with Crippen molar-refractivity contribution in [2.45, 2.75) is 6.92 Å². The Balaban J connectivity index is 1.66. The average Bonchev–Trinajstić information content (AvgIpc) is 3.51. The number of aryl methyl sites for hydroxylation is 1. The molecule has 0 unspecified atom stereocenters. The van der Waals surface area contributed by atoms with E-state index >= 15 is 0 Å². The van der Waals surface area contributed by atoms with E-state index < -0.39 is 5.97 Å². The second kappa shape index (κ2) is 8.19. The lowest BCUT2D eigenvalue weighted by Gasteiger charge is -2.29. The van der Waals surface area contributed by atoms with Crippen molar-refractivity contribution in [2.75, 3.05) is 31.2 Å². The molecule has 0 atom stereocenters. The maximum atomic E-state index is 12.2. The van der Waals surface area contributed by atoms with Crippen LogP contribution in [0.4, 0.5) is 5.69 Å². The molecule has 34 heavy (non-hydrogen) atoms. The number of para-hydroxylation sites is 1. The van der Waals surface area contributed by atoms with Crippen molar-refractivity contribution in [2.24, 2.45) is 0 Å². The summed E-state index contributed by atoms with van der Waals surface area (Å²) in [6.07, 6.45) is 0. The number of aromatic carboxylic acids is 1. The van der Waals surface area contributed by atoms with Gasteiger partial charge in [0, 0.05) is 29.5 Å². The van der Waals surface area contributed by atoms with Gasteiger partial charge in [-0.3, -0.25) is 4.57 Å². The van der Waals surface area contributed by atoms with Crippen molar-refractivity contribution in [3.05, 3.63) is 64.7 Å². The summed E-state index contributed by atoms with van der Waals surface area (Å²) in [5.74, 6) is -0.287. The van der Waals surface area contributed by atoms with Gasteiger partial charge in [-0.05, 0) is 31.2 Å². The van der Waals surface area contributed by atoms with Gasteiger partial charge >= 0.3 is 5.97 Å². The van der Waals surface area contributed by atoms with Gasteiger partial charge in [-0.25, -0.2) is 19.7 Å². The maximum absolute atomic E-state index is 12.2. The highest BCUT2D eigenvalue weighted by Crippen LogP contribution is 2.34. The van der Waals surface area contributed by atoms with Crippen LogP contribution < -0.4 is 4.90 Å². The summed E-state index contributed by atoms with van der Waals surface area (Å²) >= 11 is 1.52. The van der Waals surface area contributed by atoms with Gasteiger partial charge in [-0.15, -0.1) is 11.3 Å². The number of benzene rings is 2. The van der Waals surface area contributed by atoms with Crippen molar-refractivity contribution < 1.29 is 14.6 Å². The monoisotopic (exact) mass is 471 g/mol. The quantitative estimate of drug-likeness (QED) is 0.411. The molecular weight excluding hydrogens is 450 g/mol. The Morgan fingerprint density at radius 1 is 1.09 bits per heavy atom. The van der Waals surface area contributed by atoms with Gasteiger partial charge in [0.05, 0.1) is 52.4 Å². The van der Waals surface area contributed by atoms with E-state index in [2.05, 4.69) is 9.88 Å². The first kappa shape index (κ1) is 20.8. The first-order valence-corrected chi connectivity index (χ1v) is 11.9. The number of rotatable bonds is 4. The fourth-order valence-corrected chi connectivity index (χ4v) is 5.11. The van der Waals surface area contributed by atoms with Crippen molar-refractivity contribution in [1.82, 2.24) is 19.5 Å². The maximum Gasteiger partial charge on any atom is 0.338 e. The zero-order valence-electron chi connectivity index (χ0n) is 18.4. The van der Waals surface area contributed by atoms with Crippen LogP contribution in [0.15, 0.2) is 53.4 Å². The number of thiazole rings is 1. The Kier molecular flexibility index (Phi) is 5.00. The number of pyridine rings is 1. The smallest absolute Gasteiger partial charge is 0.338 e. The Labute approximate surface area is 199 Å². The number of morpholine rings is 1. The number of hydrogen-bond acceptors (Lipinski definition) is 7. The summed E-state index contributed by atoms with van der Waals surface area (Å²) in [4.78, 5) is 28.4. The Hall–Kier alpha value is -3.82. The molecule has 1 saturated heterocycles. The van der Waals surface area contributed by atoms with Crippen LogP contribution in [-0.2, 0) is 4.74 Å². The molecule has 5 aromatic rings. The average molecular weight is 472 g/mol. The molecule has 1 N–H and O–H groups in total. The van der Waals surface area contributed by atoms with Crippen LogP contribution in [-0.4, -0.2) is 56.9 Å². The molecule has 6 rings (SSSR count). The van der Waals surface area contributed by atoms with Crippen molar-refractivity contribution in [1.29, 1.82) is 0 Å². The molecule has 0 bridgehead atoms. The summed E-state index contributed by atoms with van der Waals surface area (Å²) in [6.45, 7) is 4.56. The molecule has 2 aromatic carbocycles. The van der Waals surface area contributed by atoms with Crippen LogP contribution in [0.5, 0.6) is 0 Å². The lowest BCUT2D eigenvalue weighted by molar-refractivity contribution is 0.0699. The SMILES string of the molecule is Cc1nc2c(C(=O)O)cc(N3CCOCC3)cc2n1-c1cc(-c2cscn2)nc2ccccc12. The van der Waals surface area contributed by atoms with Crippen LogP contribution in [0.25, 0.3) is 39.0 Å². The standard InChI is InChI=1S/C25H21N5O3S/c1-15-27-24-18(25(31)32)10-16(29-6-8-33-9-7-29)11-23(24)30(15)22-12-20(21-13-34-14-26-21)28-19-5-3-2-4-17(19)22/h2-5,10-14H,6-9H2,1H3,(H,31,32). The number of nitrogens with zero attached hydrogens (tertiary/aromatic N) is 5. The van der Waals surface area contributed by atoms with Gasteiger partial charge in [0.1, 0.15) is 11.3 Å². The number of carbonyl (C=O) groups is 1. The summed E-state index contributed by atoms with van der Waals surface area (Å²) in [7, 11) is 0. The number of ether oxygens (including phenoxy) is 1. The van der Waals surface area contributed by atoms with Crippen molar-refractivity contribution >= 4 is 44.9 Å². The number of imidazole rings is 1. The molecule has 0 amide bonds. The van der Waals surface area contributed by atoms with Crippen molar-refractivity contribution in [3.63, 3.8) is 0 Å². The van der Waals surface area contributed by atoms with Gasteiger partial charge in [0.15, 0.2) is 0 Å². The zero-order valence-corrected chi connectivity index (χ0v) is 19.2. The number of anilines is 1. The van der Waals surface area contributed by atoms with Crippen LogP contribution >= 0.6 is 11.3 Å². The number of carboxylic acids is 1. The molecule has 1 aliphatic rings. The topological polar surface area (TPSA) is 93.4 Å². The molecule has 4 heterocycles. The van der Waals surface area contributed by atoms with E-state index in [4.69, 9.17) is 14.7 Å². The zero-order chi connectivity index (χ0) is 23.2. The second-order valence-electron chi connectivity index (χ2n) is 8.18. The Morgan fingerprint density at radius 3 is 2.68 bits per heavy atom. The van der Waals surface area contributed by atoms with Gasteiger partial charge < -0.3 is 14.7 Å². The molecule has 1 aliphatic heterocycles. The van der Waals surface area contributed by atoms with Gasteiger partial charge in [0.25, 0.3) is 0 Å². The number of carboxylic acid groups (broad SMARTS) is 1. The highest BCUT2D eigenvalue weighted by molar-refractivity contribution is 7.07. The summed E-state index contributed by atoms with van der Waals surface area (Å²) in [5.41, 5.74) is 7.36. The van der Waals surface area contributed by atoms with E-state index in [0.29, 0.717) is 37.6 Å². The minimum atomic E-state index is -0.993. The van der Waals surface area contributed by atoms with Crippen LogP contribution in [0.2, 0.25) is 0 Å². The van der Waals surface area contributed by atoms with Crippen molar-refractivity contribution in [3.8, 4) is 17.1 Å². The molecule has 3 aromatic heterocycles. The van der Waals surface area contributed by atoms with E-state index in [-0.39, 0.29) is 5.56 Å². The van der Waals surface area contributed by atoms with Gasteiger partial charge in [-0.2, -0.15) is 0 Å². The van der Waals surface area contributed by atoms with E-state index in [1.165, 1.54) is 11.3 Å². The number of hydrogen-bond donors (Lipinski definition) is 1. The molecule has 0 saturated carbocycles. The molecule has 8 nitrogen and oxygen atoms in total. The van der Waals surface area contributed by atoms with Gasteiger partial charge in [-0.1, -0.05) is 18.2 Å². The van der Waals surface area contributed by atoms with E-state index in [1.807, 2.05) is 53.3 Å². The predicted octanol–water partition coefficient (Wildman–Crippen LogP) is 4.54. The van der Waals surface area contributed by atoms with E-state index in [9.17, 15) is 9.90 Å². The minimum absolute atomic E-state index is 0.193. The fraction of sp³-hybridized carbons (Fsp3) is 0.200. The van der Waals surface area contributed by atoms with Gasteiger partial charge in [0.2, 0.25) is 0 Å². The number of aromatic nitrogens is 4. The third-order valence-electron chi connectivity index (χ3n) is 6.15. The fourth-order valence-electron chi connectivity index (χ4n) is 4.56. The van der Waals surface area contributed by atoms with E-state index in [0.717, 1.165) is 39.2 Å². The minimum Gasteiger partial charge on any atom is -0.478 e. The third-order valence-corrected chi connectivity index (χ3v) is 6.74. The first-order valence-electron chi connectivity index (χ1n) is 11.0. The molecule has 1 fully saturated rings. The molecular formula is C25H21N5O3S. The largest absolute Gasteiger partial charge is 0.478 e. The molecule has 170 valence electrons. The summed E-state index contributed by atoms with van der Waals surface area (Å²) < 4.78 is 7.53. The summed E-state index contributed by atoms with van der Waals surface area (Å²) in [6, 6.07) is 13.7. The lowest BCUT2D eigenvalue weighted by Crippen LogP contribution is -2.36. The lowest BCUT2D eigenvalue weighted by atomic mass is 10.1. The first-order chi connectivity index (χ1) is 16.6. The molecule has 0 radical (unpaired) electrons. The van der Waals surface area contributed by atoms with Crippen LogP contribution in [0, 0.1) is 6.92 Å². The predicted molar refractivity (Wildman–Crippen MR) is 132 cm³/mol. The Morgan fingerprint density at radius 2 is 1.91 bits per heavy atom.